The van der Waals surface area contributed by atoms with E-state index in [2.05, 4.69) is 56.3 Å². The van der Waals surface area contributed by atoms with Crippen molar-refractivity contribution in [2.75, 3.05) is 0 Å². The molecule has 0 unspecified atom stereocenters. The van der Waals surface area contributed by atoms with Crippen molar-refractivity contribution < 1.29 is 9.90 Å². The predicted molar refractivity (Wildman–Crippen MR) is 132 cm³/mol. The molecular weight excluding hydrogens is 412 g/mol. The molecule has 0 aliphatic heterocycles. The molecule has 0 amide bonds. The van der Waals surface area contributed by atoms with E-state index >= 15 is 0 Å². The number of ketones is 1. The Kier molecular flexibility index (Phi) is 5.04. The molecule has 4 aliphatic rings. The highest BCUT2D eigenvalue weighted by molar-refractivity contribution is 8.00. The molecule has 2 aromatic rings. The lowest BCUT2D eigenvalue weighted by molar-refractivity contribution is -0.143. The lowest BCUT2D eigenvalue weighted by Crippen LogP contribution is -2.56. The zero-order valence-electron chi connectivity index (χ0n) is 19.4. The first kappa shape index (κ1) is 21.2. The van der Waals surface area contributed by atoms with Crippen LogP contribution in [0.2, 0.25) is 0 Å². The number of fused-ring (bicyclic) bond motifs is 6. The number of hydrogen-bond acceptors (Lipinski definition) is 3. The lowest BCUT2D eigenvalue weighted by atomic mass is 9.45. The van der Waals surface area contributed by atoms with E-state index in [9.17, 15) is 9.90 Å². The molecule has 6 rings (SSSR count). The SMILES string of the molecule is C[C@]12C[C@H](O)[C@@H](Sc3ccc4ccccc4c3)C[C@@H]1CC[C@@H]1[C@@H]2CC[C@]2(C)C(=O)CC[C@@H]12. The quantitative estimate of drug-likeness (QED) is 0.544. The van der Waals surface area contributed by atoms with Gasteiger partial charge in [-0.3, -0.25) is 4.79 Å². The summed E-state index contributed by atoms with van der Waals surface area (Å²) in [5.41, 5.74) is 0.182. The van der Waals surface area contributed by atoms with Gasteiger partial charge in [-0.15, -0.1) is 11.8 Å². The van der Waals surface area contributed by atoms with E-state index in [1.54, 1.807) is 0 Å². The summed E-state index contributed by atoms with van der Waals surface area (Å²) in [5, 5.41) is 14.2. The van der Waals surface area contributed by atoms with Crippen LogP contribution in [0, 0.1) is 34.5 Å². The molecule has 0 bridgehead atoms. The molecule has 4 fully saturated rings. The van der Waals surface area contributed by atoms with Crippen molar-refractivity contribution in [3.8, 4) is 0 Å². The van der Waals surface area contributed by atoms with Crippen molar-refractivity contribution in [2.45, 2.75) is 81.5 Å². The minimum Gasteiger partial charge on any atom is -0.392 e. The van der Waals surface area contributed by atoms with Gasteiger partial charge >= 0.3 is 0 Å². The molecule has 1 N–H and O–H groups in total. The van der Waals surface area contributed by atoms with Gasteiger partial charge in [0.15, 0.2) is 0 Å². The van der Waals surface area contributed by atoms with Gasteiger partial charge in [0.05, 0.1) is 6.10 Å². The highest BCUT2D eigenvalue weighted by Crippen LogP contribution is 2.66. The third-order valence-corrected chi connectivity index (χ3v) is 11.7. The van der Waals surface area contributed by atoms with Crippen molar-refractivity contribution in [3.05, 3.63) is 42.5 Å². The van der Waals surface area contributed by atoms with Gasteiger partial charge in [-0.2, -0.15) is 0 Å². The maximum atomic E-state index is 12.7. The fourth-order valence-electron chi connectivity index (χ4n) is 8.57. The minimum atomic E-state index is -0.245. The number of benzene rings is 2. The average molecular weight is 449 g/mol. The van der Waals surface area contributed by atoms with Crippen LogP contribution in [0.3, 0.4) is 0 Å². The normalized spacial score (nSPS) is 43.5. The maximum Gasteiger partial charge on any atom is 0.139 e. The van der Waals surface area contributed by atoms with Crippen LogP contribution in [0.4, 0.5) is 0 Å². The highest BCUT2D eigenvalue weighted by atomic mass is 32.2. The van der Waals surface area contributed by atoms with E-state index in [4.69, 9.17) is 0 Å². The van der Waals surface area contributed by atoms with Crippen molar-refractivity contribution >= 4 is 28.3 Å². The molecular formula is C29H36O2S. The van der Waals surface area contributed by atoms with Crippen LogP contribution in [0.15, 0.2) is 47.4 Å². The van der Waals surface area contributed by atoms with Gasteiger partial charge in [0, 0.05) is 22.0 Å². The van der Waals surface area contributed by atoms with Gasteiger partial charge in [0.2, 0.25) is 0 Å². The molecule has 3 heteroatoms. The summed E-state index contributed by atoms with van der Waals surface area (Å²) in [6.45, 7) is 4.76. The first-order chi connectivity index (χ1) is 15.4. The van der Waals surface area contributed by atoms with Crippen LogP contribution in [0.5, 0.6) is 0 Å². The number of hydrogen-bond donors (Lipinski definition) is 1. The Balaban J connectivity index is 1.22. The van der Waals surface area contributed by atoms with Gasteiger partial charge in [-0.1, -0.05) is 44.2 Å². The Labute approximate surface area is 196 Å². The van der Waals surface area contributed by atoms with Crippen molar-refractivity contribution in [2.24, 2.45) is 34.5 Å². The Morgan fingerprint density at radius 2 is 1.78 bits per heavy atom. The summed E-state index contributed by atoms with van der Waals surface area (Å²) < 4.78 is 0. The van der Waals surface area contributed by atoms with E-state index in [1.165, 1.54) is 34.9 Å². The highest BCUT2D eigenvalue weighted by Gasteiger charge is 2.61. The Morgan fingerprint density at radius 3 is 2.62 bits per heavy atom. The van der Waals surface area contributed by atoms with Gasteiger partial charge < -0.3 is 5.11 Å². The second-order valence-electron chi connectivity index (χ2n) is 11.7. The van der Waals surface area contributed by atoms with Crippen molar-refractivity contribution in [1.29, 1.82) is 0 Å². The molecule has 0 spiro atoms. The smallest absolute Gasteiger partial charge is 0.139 e. The largest absolute Gasteiger partial charge is 0.392 e. The molecule has 0 saturated heterocycles. The lowest BCUT2D eigenvalue weighted by Gasteiger charge is -2.61. The summed E-state index contributed by atoms with van der Waals surface area (Å²) in [5.74, 6) is 3.20. The van der Waals surface area contributed by atoms with E-state index in [0.717, 1.165) is 32.1 Å². The van der Waals surface area contributed by atoms with E-state index < -0.39 is 0 Å². The van der Waals surface area contributed by atoms with Crippen LogP contribution in [-0.4, -0.2) is 22.2 Å². The molecule has 0 aromatic heterocycles. The van der Waals surface area contributed by atoms with Gasteiger partial charge in [0.1, 0.15) is 5.78 Å². The van der Waals surface area contributed by atoms with Crippen LogP contribution < -0.4 is 0 Å². The summed E-state index contributed by atoms with van der Waals surface area (Å²) in [4.78, 5) is 14.0. The second-order valence-corrected chi connectivity index (χ2v) is 13.1. The minimum absolute atomic E-state index is 0.0495. The Bertz CT molecular complexity index is 1050. The number of Topliss-reactive ketones (excluding diaryl/α,β-unsaturated/α-hetero) is 1. The summed E-state index contributed by atoms with van der Waals surface area (Å²) in [7, 11) is 0. The predicted octanol–water partition coefficient (Wildman–Crippen LogP) is 6.88. The van der Waals surface area contributed by atoms with E-state index in [1.807, 2.05) is 11.8 Å². The molecule has 2 aromatic carbocycles. The Hall–Kier alpha value is -1.32. The summed E-state index contributed by atoms with van der Waals surface area (Å²) in [6.07, 6.45) is 8.56. The number of aliphatic hydroxyl groups is 1. The Morgan fingerprint density at radius 1 is 0.969 bits per heavy atom. The molecule has 4 saturated carbocycles. The fraction of sp³-hybridized carbons (Fsp3) is 0.621. The first-order valence-electron chi connectivity index (χ1n) is 12.8. The van der Waals surface area contributed by atoms with Crippen molar-refractivity contribution in [3.63, 3.8) is 0 Å². The standard InChI is InChI=1S/C29H36O2S/c1-28-14-13-24-22(23(28)11-12-27(28)31)10-8-20-16-26(25(30)17-29(20,24)2)32-21-9-7-18-5-3-4-6-19(18)15-21/h3-7,9,15,20,22-26,30H,8,10-14,16-17H2,1-2H3/t20-,22-,23-,24-,25-,26-,28-,29-/m0/s1. The summed E-state index contributed by atoms with van der Waals surface area (Å²) >= 11 is 1.89. The zero-order chi connectivity index (χ0) is 22.1. The van der Waals surface area contributed by atoms with E-state index in [-0.39, 0.29) is 22.2 Å². The molecule has 0 heterocycles. The van der Waals surface area contributed by atoms with Crippen LogP contribution in [0.1, 0.15) is 65.2 Å². The first-order valence-corrected chi connectivity index (χ1v) is 13.6. The third kappa shape index (κ3) is 3.14. The van der Waals surface area contributed by atoms with Crippen LogP contribution in [0.25, 0.3) is 10.8 Å². The fourth-order valence-corrected chi connectivity index (χ4v) is 9.85. The van der Waals surface area contributed by atoms with Gasteiger partial charge in [0.25, 0.3) is 0 Å². The monoisotopic (exact) mass is 448 g/mol. The maximum absolute atomic E-state index is 12.7. The topological polar surface area (TPSA) is 37.3 Å². The number of thioether (sulfide) groups is 1. The molecule has 8 atom stereocenters. The van der Waals surface area contributed by atoms with Gasteiger partial charge in [-0.05, 0) is 96.9 Å². The number of rotatable bonds is 2. The molecule has 32 heavy (non-hydrogen) atoms. The third-order valence-electron chi connectivity index (χ3n) is 10.4. The summed E-state index contributed by atoms with van der Waals surface area (Å²) in [6, 6.07) is 15.3. The number of aliphatic hydroxyl groups excluding tert-OH is 1. The van der Waals surface area contributed by atoms with E-state index in [0.29, 0.717) is 29.5 Å². The van der Waals surface area contributed by atoms with Gasteiger partial charge in [-0.25, -0.2) is 0 Å². The van der Waals surface area contributed by atoms with Crippen LogP contribution >= 0.6 is 11.8 Å². The second kappa shape index (κ2) is 7.60. The number of carbonyl (C=O) groups excluding carboxylic acids is 1. The van der Waals surface area contributed by atoms with Crippen molar-refractivity contribution in [1.82, 2.24) is 0 Å². The zero-order valence-corrected chi connectivity index (χ0v) is 20.2. The molecule has 0 radical (unpaired) electrons. The molecule has 170 valence electrons. The molecule has 2 nitrogen and oxygen atoms in total. The average Bonchev–Trinajstić information content (AvgIpc) is 3.09. The van der Waals surface area contributed by atoms with Crippen LogP contribution in [-0.2, 0) is 4.79 Å². The number of carbonyl (C=O) groups is 1. The molecule has 4 aliphatic carbocycles.